The summed E-state index contributed by atoms with van der Waals surface area (Å²) in [6.07, 6.45) is 1.64. The summed E-state index contributed by atoms with van der Waals surface area (Å²) in [5, 5.41) is 26.8. The molecule has 0 radical (unpaired) electrons. The number of hydrogen-bond donors (Lipinski definition) is 2. The Morgan fingerprint density at radius 3 is 2.86 bits per heavy atom. The predicted octanol–water partition coefficient (Wildman–Crippen LogP) is 2.28. The zero-order chi connectivity index (χ0) is 20.2. The number of tetrazole rings is 1. The van der Waals surface area contributed by atoms with Gasteiger partial charge in [0.2, 0.25) is 5.82 Å². The fourth-order valence-electron chi connectivity index (χ4n) is 5.35. The highest BCUT2D eigenvalue weighted by atomic mass is 16.5. The molecule has 1 aliphatic carbocycles. The Hall–Kier alpha value is -2.77. The molecule has 1 saturated heterocycles. The van der Waals surface area contributed by atoms with Gasteiger partial charge in [0.15, 0.2) is 0 Å². The number of hydrogen-bond acceptors (Lipinski definition) is 6. The van der Waals surface area contributed by atoms with E-state index in [9.17, 15) is 5.11 Å². The molecule has 0 spiro atoms. The zero-order valence-electron chi connectivity index (χ0n) is 16.9. The summed E-state index contributed by atoms with van der Waals surface area (Å²) >= 11 is 0. The van der Waals surface area contributed by atoms with Gasteiger partial charge in [0.1, 0.15) is 11.4 Å². The SMILES string of the molecule is COc1ccc2c(c1)[C@@]1(C)CCN(C)C(C2)[C@@]1(O)c1cccc(-c2nn[nH]n2)c1. The zero-order valence-corrected chi connectivity index (χ0v) is 16.9. The number of benzene rings is 2. The smallest absolute Gasteiger partial charge is 0.204 e. The van der Waals surface area contributed by atoms with Crippen LogP contribution in [0, 0.1) is 0 Å². The molecule has 2 N–H and O–H groups in total. The van der Waals surface area contributed by atoms with E-state index in [-0.39, 0.29) is 6.04 Å². The number of rotatable bonds is 3. The van der Waals surface area contributed by atoms with Crippen LogP contribution < -0.4 is 4.74 Å². The first kappa shape index (κ1) is 18.3. The Morgan fingerprint density at radius 2 is 2.10 bits per heavy atom. The van der Waals surface area contributed by atoms with E-state index in [1.54, 1.807) is 7.11 Å². The molecule has 2 aliphatic rings. The molecule has 3 atom stereocenters. The fourth-order valence-corrected chi connectivity index (χ4v) is 5.35. The molecular weight excluding hydrogens is 366 g/mol. The van der Waals surface area contributed by atoms with Gasteiger partial charge < -0.3 is 9.84 Å². The lowest BCUT2D eigenvalue weighted by atomic mass is 9.53. The highest BCUT2D eigenvalue weighted by Crippen LogP contribution is 2.56. The number of aromatic amines is 1. The second-order valence-corrected chi connectivity index (χ2v) is 8.39. The van der Waals surface area contributed by atoms with Crippen LogP contribution in [0.25, 0.3) is 11.4 Å². The van der Waals surface area contributed by atoms with E-state index in [2.05, 4.69) is 51.6 Å². The molecule has 5 rings (SSSR count). The maximum atomic E-state index is 12.4. The average molecular weight is 391 g/mol. The normalized spacial score (nSPS) is 28.8. The number of methoxy groups -OCH3 is 1. The maximum Gasteiger partial charge on any atom is 0.204 e. The molecule has 150 valence electrons. The molecule has 1 fully saturated rings. The van der Waals surface area contributed by atoms with Gasteiger partial charge in [0, 0.05) is 17.0 Å². The third kappa shape index (κ3) is 2.47. The van der Waals surface area contributed by atoms with Gasteiger partial charge in [0.05, 0.1) is 7.11 Å². The number of ether oxygens (including phenoxy) is 1. The van der Waals surface area contributed by atoms with E-state index in [0.29, 0.717) is 5.82 Å². The quantitative estimate of drug-likeness (QED) is 0.712. The molecular formula is C22H25N5O2. The van der Waals surface area contributed by atoms with Crippen LogP contribution in [-0.4, -0.2) is 57.4 Å². The van der Waals surface area contributed by atoms with Crippen molar-refractivity contribution in [2.45, 2.75) is 36.8 Å². The van der Waals surface area contributed by atoms with Crippen LogP contribution in [0.5, 0.6) is 5.75 Å². The van der Waals surface area contributed by atoms with Crippen molar-refractivity contribution in [3.63, 3.8) is 0 Å². The van der Waals surface area contributed by atoms with Gasteiger partial charge in [-0.1, -0.05) is 31.2 Å². The number of aliphatic hydroxyl groups is 1. The Kier molecular flexibility index (Phi) is 4.01. The van der Waals surface area contributed by atoms with Crippen LogP contribution in [0.4, 0.5) is 0 Å². The summed E-state index contributed by atoms with van der Waals surface area (Å²) in [6, 6.07) is 14.2. The van der Waals surface area contributed by atoms with Crippen LogP contribution in [0.2, 0.25) is 0 Å². The predicted molar refractivity (Wildman–Crippen MR) is 109 cm³/mol. The number of likely N-dealkylation sites (N-methyl/N-ethyl adjacent to an activating group) is 1. The number of fused-ring (bicyclic) bond motifs is 4. The standard InChI is InChI=1S/C22H25N5O2/c1-21-9-10-27(2)19(12-14-7-8-17(29-3)13-18(14)21)22(21,28)16-6-4-5-15(11-16)20-23-25-26-24-20/h4-8,11,13,19,28H,9-10,12H2,1-3H3,(H,23,24,25,26)/t19?,21-,22+/m1/s1. The molecule has 2 bridgehead atoms. The first-order valence-corrected chi connectivity index (χ1v) is 9.92. The summed E-state index contributed by atoms with van der Waals surface area (Å²) in [7, 11) is 3.79. The van der Waals surface area contributed by atoms with Crippen LogP contribution in [-0.2, 0) is 17.4 Å². The lowest BCUT2D eigenvalue weighted by Crippen LogP contribution is -2.67. The molecule has 0 amide bonds. The Bertz CT molecular complexity index is 1050. The molecule has 3 aromatic rings. The third-order valence-corrected chi connectivity index (χ3v) is 7.05. The number of nitrogens with zero attached hydrogens (tertiary/aromatic N) is 4. The van der Waals surface area contributed by atoms with Gasteiger partial charge in [-0.05, 0) is 66.5 Å². The lowest BCUT2D eigenvalue weighted by Gasteiger charge is -2.60. The van der Waals surface area contributed by atoms with E-state index >= 15 is 0 Å². The number of piperidine rings is 1. The summed E-state index contributed by atoms with van der Waals surface area (Å²) in [5.41, 5.74) is 2.68. The summed E-state index contributed by atoms with van der Waals surface area (Å²) in [6.45, 7) is 3.12. The van der Waals surface area contributed by atoms with Crippen molar-refractivity contribution in [3.05, 3.63) is 59.2 Å². The average Bonchev–Trinajstić information content (AvgIpc) is 3.28. The van der Waals surface area contributed by atoms with E-state index in [1.807, 2.05) is 30.3 Å². The van der Waals surface area contributed by atoms with Crippen molar-refractivity contribution in [2.75, 3.05) is 20.7 Å². The largest absolute Gasteiger partial charge is 0.497 e. The minimum Gasteiger partial charge on any atom is -0.497 e. The van der Waals surface area contributed by atoms with Crippen LogP contribution >= 0.6 is 0 Å². The van der Waals surface area contributed by atoms with Crippen molar-refractivity contribution >= 4 is 0 Å². The number of aromatic nitrogens is 4. The first-order valence-electron chi connectivity index (χ1n) is 9.92. The summed E-state index contributed by atoms with van der Waals surface area (Å²) < 4.78 is 5.51. The number of H-pyrrole nitrogens is 1. The van der Waals surface area contributed by atoms with E-state index in [1.165, 1.54) is 11.1 Å². The van der Waals surface area contributed by atoms with Crippen molar-refractivity contribution in [1.82, 2.24) is 25.5 Å². The highest BCUT2D eigenvalue weighted by molar-refractivity contribution is 5.58. The maximum absolute atomic E-state index is 12.4. The molecule has 2 aromatic carbocycles. The molecule has 1 aromatic heterocycles. The molecule has 1 unspecified atom stereocenters. The molecule has 7 nitrogen and oxygen atoms in total. The molecule has 2 heterocycles. The van der Waals surface area contributed by atoms with E-state index in [0.717, 1.165) is 36.3 Å². The van der Waals surface area contributed by atoms with Crippen LogP contribution in [0.15, 0.2) is 42.5 Å². The Balaban J connectivity index is 1.71. The van der Waals surface area contributed by atoms with Crippen molar-refractivity contribution in [3.8, 4) is 17.1 Å². The van der Waals surface area contributed by atoms with Crippen LogP contribution in [0.3, 0.4) is 0 Å². The molecule has 29 heavy (non-hydrogen) atoms. The molecule has 1 aliphatic heterocycles. The second kappa shape index (κ2) is 6.37. The fraction of sp³-hybridized carbons (Fsp3) is 0.409. The molecule has 7 heteroatoms. The highest BCUT2D eigenvalue weighted by Gasteiger charge is 2.60. The van der Waals surface area contributed by atoms with Gasteiger partial charge in [-0.2, -0.15) is 5.21 Å². The lowest BCUT2D eigenvalue weighted by molar-refractivity contribution is -0.141. The van der Waals surface area contributed by atoms with Gasteiger partial charge >= 0.3 is 0 Å². The van der Waals surface area contributed by atoms with Crippen molar-refractivity contribution < 1.29 is 9.84 Å². The summed E-state index contributed by atoms with van der Waals surface area (Å²) in [5.74, 6) is 1.35. The Morgan fingerprint density at radius 1 is 1.24 bits per heavy atom. The van der Waals surface area contributed by atoms with Gasteiger partial charge in [-0.25, -0.2) is 0 Å². The van der Waals surface area contributed by atoms with Crippen molar-refractivity contribution in [1.29, 1.82) is 0 Å². The van der Waals surface area contributed by atoms with Gasteiger partial charge in [-0.15, -0.1) is 10.2 Å². The van der Waals surface area contributed by atoms with E-state index in [4.69, 9.17) is 4.74 Å². The van der Waals surface area contributed by atoms with Gasteiger partial charge in [-0.3, -0.25) is 4.90 Å². The third-order valence-electron chi connectivity index (χ3n) is 7.05. The number of likely N-dealkylation sites (tertiary alicyclic amines) is 1. The van der Waals surface area contributed by atoms with Crippen molar-refractivity contribution in [2.24, 2.45) is 0 Å². The van der Waals surface area contributed by atoms with E-state index < -0.39 is 11.0 Å². The number of nitrogens with one attached hydrogen (secondary N) is 1. The first-order chi connectivity index (χ1) is 14.0. The summed E-state index contributed by atoms with van der Waals surface area (Å²) in [4.78, 5) is 2.29. The Labute approximate surface area is 169 Å². The minimum atomic E-state index is -1.06. The minimum absolute atomic E-state index is 0.0253. The monoisotopic (exact) mass is 391 g/mol. The van der Waals surface area contributed by atoms with Crippen LogP contribution in [0.1, 0.15) is 30.0 Å². The molecule has 0 saturated carbocycles. The topological polar surface area (TPSA) is 87.2 Å². The van der Waals surface area contributed by atoms with Gasteiger partial charge in [0.25, 0.3) is 0 Å². The second-order valence-electron chi connectivity index (χ2n) is 8.39.